The molecule has 0 aliphatic carbocycles. The number of halogens is 2. The fourth-order valence-corrected chi connectivity index (χ4v) is 4.18. The van der Waals surface area contributed by atoms with Gasteiger partial charge in [-0.05, 0) is 49.7 Å². The SMILES string of the molecule is Cc1ccc(S(=O)(=O)N(C)c2ccc(Br)cc2C)c(Cl)n1. The average Bonchev–Trinajstić information content (AvgIpc) is 2.37. The van der Waals surface area contributed by atoms with Crippen molar-refractivity contribution in [2.75, 3.05) is 11.4 Å². The van der Waals surface area contributed by atoms with Crippen molar-refractivity contribution in [1.29, 1.82) is 0 Å². The Morgan fingerprint density at radius 2 is 1.86 bits per heavy atom. The van der Waals surface area contributed by atoms with Crippen LogP contribution >= 0.6 is 27.5 Å². The summed E-state index contributed by atoms with van der Waals surface area (Å²) < 4.78 is 27.5. The molecule has 0 saturated carbocycles. The maximum absolute atomic E-state index is 12.7. The standard InChI is InChI=1S/C14H14BrClN2O2S/c1-9-8-11(15)5-6-12(9)18(3)21(19,20)13-7-4-10(2)17-14(13)16/h4-8H,1-3H3. The van der Waals surface area contributed by atoms with E-state index in [0.717, 1.165) is 10.0 Å². The normalized spacial score (nSPS) is 11.5. The van der Waals surface area contributed by atoms with Gasteiger partial charge >= 0.3 is 0 Å². The molecule has 0 spiro atoms. The van der Waals surface area contributed by atoms with E-state index < -0.39 is 10.0 Å². The number of benzene rings is 1. The number of anilines is 1. The Hall–Kier alpha value is -1.11. The van der Waals surface area contributed by atoms with E-state index in [0.29, 0.717) is 11.4 Å². The van der Waals surface area contributed by atoms with Gasteiger partial charge in [0.15, 0.2) is 0 Å². The Balaban J connectivity index is 2.52. The van der Waals surface area contributed by atoms with Crippen LogP contribution in [0.5, 0.6) is 0 Å². The molecule has 0 aliphatic heterocycles. The topological polar surface area (TPSA) is 50.3 Å². The molecule has 2 aromatic rings. The number of pyridine rings is 1. The number of hydrogen-bond acceptors (Lipinski definition) is 3. The minimum absolute atomic E-state index is 0.000384. The van der Waals surface area contributed by atoms with Gasteiger partial charge in [0.1, 0.15) is 10.0 Å². The van der Waals surface area contributed by atoms with Gasteiger partial charge in [0, 0.05) is 17.2 Å². The van der Waals surface area contributed by atoms with Crippen molar-refractivity contribution in [3.05, 3.63) is 51.2 Å². The van der Waals surface area contributed by atoms with Crippen LogP contribution in [0.2, 0.25) is 5.15 Å². The van der Waals surface area contributed by atoms with Crippen LogP contribution in [0.1, 0.15) is 11.3 Å². The van der Waals surface area contributed by atoms with Gasteiger partial charge in [0.05, 0.1) is 5.69 Å². The van der Waals surface area contributed by atoms with Crippen molar-refractivity contribution < 1.29 is 8.42 Å². The zero-order chi connectivity index (χ0) is 15.8. The molecular formula is C14H14BrClN2O2S. The van der Waals surface area contributed by atoms with E-state index in [1.54, 1.807) is 25.1 Å². The summed E-state index contributed by atoms with van der Waals surface area (Å²) in [7, 11) is -2.25. The highest BCUT2D eigenvalue weighted by Crippen LogP contribution is 2.29. The summed E-state index contributed by atoms with van der Waals surface area (Å²) >= 11 is 9.35. The number of rotatable bonds is 3. The lowest BCUT2D eigenvalue weighted by Gasteiger charge is -2.22. The second-order valence-electron chi connectivity index (χ2n) is 4.64. The van der Waals surface area contributed by atoms with Gasteiger partial charge in [-0.1, -0.05) is 27.5 Å². The first-order chi connectivity index (χ1) is 9.73. The van der Waals surface area contributed by atoms with Gasteiger partial charge < -0.3 is 0 Å². The van der Waals surface area contributed by atoms with Gasteiger partial charge in [-0.3, -0.25) is 4.31 Å². The molecule has 4 nitrogen and oxygen atoms in total. The molecular weight excluding hydrogens is 376 g/mol. The van der Waals surface area contributed by atoms with E-state index >= 15 is 0 Å². The molecule has 1 heterocycles. The Morgan fingerprint density at radius 1 is 1.19 bits per heavy atom. The number of aryl methyl sites for hydroxylation is 2. The predicted octanol–water partition coefficient (Wildman–Crippen LogP) is 3.94. The summed E-state index contributed by atoms with van der Waals surface area (Å²) in [6.45, 7) is 3.60. The molecule has 2 rings (SSSR count). The van der Waals surface area contributed by atoms with Gasteiger partial charge in [0.2, 0.25) is 0 Å². The molecule has 0 bridgehead atoms. The molecule has 112 valence electrons. The number of sulfonamides is 1. The third-order valence-corrected chi connectivity index (χ3v) is 5.79. The molecule has 1 aromatic carbocycles. The molecule has 0 fully saturated rings. The van der Waals surface area contributed by atoms with Crippen molar-refractivity contribution in [1.82, 2.24) is 4.98 Å². The lowest BCUT2D eigenvalue weighted by atomic mass is 10.2. The van der Waals surface area contributed by atoms with Crippen LogP contribution in [0, 0.1) is 13.8 Å². The van der Waals surface area contributed by atoms with Crippen molar-refractivity contribution in [2.24, 2.45) is 0 Å². The number of hydrogen-bond donors (Lipinski definition) is 0. The van der Waals surface area contributed by atoms with Crippen molar-refractivity contribution in [3.8, 4) is 0 Å². The molecule has 0 saturated heterocycles. The average molecular weight is 390 g/mol. The maximum Gasteiger partial charge on any atom is 0.267 e. The highest BCUT2D eigenvalue weighted by molar-refractivity contribution is 9.10. The van der Waals surface area contributed by atoms with Crippen molar-refractivity contribution in [3.63, 3.8) is 0 Å². The maximum atomic E-state index is 12.7. The van der Waals surface area contributed by atoms with Crippen LogP contribution in [0.4, 0.5) is 5.69 Å². The first-order valence-corrected chi connectivity index (χ1v) is 8.73. The molecule has 0 radical (unpaired) electrons. The van der Waals surface area contributed by atoms with Crippen LogP contribution in [0.3, 0.4) is 0 Å². The van der Waals surface area contributed by atoms with Crippen LogP contribution < -0.4 is 4.31 Å². The molecule has 21 heavy (non-hydrogen) atoms. The summed E-state index contributed by atoms with van der Waals surface area (Å²) in [6, 6.07) is 8.50. The van der Waals surface area contributed by atoms with Crippen LogP contribution in [-0.2, 0) is 10.0 Å². The third-order valence-electron chi connectivity index (χ3n) is 3.09. The Morgan fingerprint density at radius 3 is 2.43 bits per heavy atom. The molecule has 7 heteroatoms. The Labute approximate surface area is 137 Å². The van der Waals surface area contributed by atoms with Crippen LogP contribution in [0.25, 0.3) is 0 Å². The Bertz CT molecular complexity index is 794. The molecule has 0 N–H and O–H groups in total. The zero-order valence-electron chi connectivity index (χ0n) is 11.8. The lowest BCUT2D eigenvalue weighted by molar-refractivity contribution is 0.594. The van der Waals surface area contributed by atoms with Gasteiger partial charge in [0.25, 0.3) is 10.0 Å². The largest absolute Gasteiger partial charge is 0.269 e. The minimum atomic E-state index is -3.75. The van der Waals surface area contributed by atoms with E-state index in [9.17, 15) is 8.42 Å². The van der Waals surface area contributed by atoms with E-state index in [4.69, 9.17) is 11.6 Å². The smallest absolute Gasteiger partial charge is 0.267 e. The Kier molecular flexibility index (Phi) is 4.60. The fraction of sp³-hybridized carbons (Fsp3) is 0.214. The molecule has 0 unspecified atom stereocenters. The molecule has 0 amide bonds. The van der Waals surface area contributed by atoms with Crippen molar-refractivity contribution in [2.45, 2.75) is 18.7 Å². The molecule has 1 aromatic heterocycles. The van der Waals surface area contributed by atoms with Crippen molar-refractivity contribution >= 4 is 43.2 Å². The summed E-state index contributed by atoms with van der Waals surface area (Å²) in [5.41, 5.74) is 2.10. The van der Waals surface area contributed by atoms with E-state index in [1.165, 1.54) is 17.4 Å². The quantitative estimate of drug-likeness (QED) is 0.747. The van der Waals surface area contributed by atoms with Gasteiger partial charge in [-0.15, -0.1) is 0 Å². The van der Waals surface area contributed by atoms with Gasteiger partial charge in [-0.25, -0.2) is 13.4 Å². The second-order valence-corrected chi connectivity index (χ2v) is 7.86. The highest BCUT2D eigenvalue weighted by Gasteiger charge is 2.25. The molecule has 0 aliphatic rings. The lowest BCUT2D eigenvalue weighted by Crippen LogP contribution is -2.27. The predicted molar refractivity (Wildman–Crippen MR) is 88.5 cm³/mol. The second kappa shape index (κ2) is 5.94. The van der Waals surface area contributed by atoms with Gasteiger partial charge in [-0.2, -0.15) is 0 Å². The van der Waals surface area contributed by atoms with Crippen LogP contribution in [0.15, 0.2) is 39.7 Å². The van der Waals surface area contributed by atoms with E-state index in [2.05, 4.69) is 20.9 Å². The van der Waals surface area contributed by atoms with Crippen LogP contribution in [-0.4, -0.2) is 20.4 Å². The summed E-state index contributed by atoms with van der Waals surface area (Å²) in [5.74, 6) is 0. The summed E-state index contributed by atoms with van der Waals surface area (Å²) in [4.78, 5) is 4.00. The first kappa shape index (κ1) is 16.3. The molecule has 0 atom stereocenters. The fourth-order valence-electron chi connectivity index (χ4n) is 1.95. The third kappa shape index (κ3) is 3.22. The minimum Gasteiger partial charge on any atom is -0.269 e. The first-order valence-electron chi connectivity index (χ1n) is 6.11. The number of nitrogens with zero attached hydrogens (tertiary/aromatic N) is 2. The summed E-state index contributed by atoms with van der Waals surface area (Å²) in [6.07, 6.45) is 0. The highest BCUT2D eigenvalue weighted by atomic mass is 79.9. The summed E-state index contributed by atoms with van der Waals surface area (Å²) in [5, 5.41) is -0.0170. The van der Waals surface area contributed by atoms with E-state index in [1.807, 2.05) is 13.0 Å². The van der Waals surface area contributed by atoms with E-state index in [-0.39, 0.29) is 10.0 Å². The monoisotopic (exact) mass is 388 g/mol. The zero-order valence-corrected chi connectivity index (χ0v) is 14.9. The number of aromatic nitrogens is 1.